The Hall–Kier alpha value is -5.92. The van der Waals surface area contributed by atoms with Crippen LogP contribution < -0.4 is 4.74 Å². The monoisotopic (exact) mass is 679 g/mol. The first-order valence-corrected chi connectivity index (χ1v) is 16.6. The average molecular weight is 680 g/mol. The molecule has 0 spiro atoms. The van der Waals surface area contributed by atoms with Gasteiger partial charge in [-0.1, -0.05) is 73.8 Å². The third kappa shape index (κ3) is 9.41. The van der Waals surface area contributed by atoms with Crippen LogP contribution in [0, 0.1) is 6.92 Å². The molecule has 0 atom stereocenters. The lowest BCUT2D eigenvalue weighted by Gasteiger charge is -2.22. The molecule has 0 radical (unpaired) electrons. The molecular formula is C44H45N3O4. The van der Waals surface area contributed by atoms with Crippen LogP contribution in [0.3, 0.4) is 0 Å². The molecule has 1 aliphatic heterocycles. The van der Waals surface area contributed by atoms with E-state index in [9.17, 15) is 9.90 Å². The minimum Gasteiger partial charge on any atom is -0.493 e. The molecule has 2 N–H and O–H groups in total. The van der Waals surface area contributed by atoms with Crippen molar-refractivity contribution in [2.45, 2.75) is 46.1 Å². The van der Waals surface area contributed by atoms with Gasteiger partial charge in [-0.05, 0) is 90.6 Å². The fourth-order valence-electron chi connectivity index (χ4n) is 5.77. The number of pyridine rings is 1. The molecule has 2 aromatic heterocycles. The van der Waals surface area contributed by atoms with Crippen LogP contribution in [-0.4, -0.2) is 43.3 Å². The van der Waals surface area contributed by atoms with Crippen molar-refractivity contribution in [3.8, 4) is 39.4 Å². The van der Waals surface area contributed by atoms with Crippen LogP contribution in [0.5, 0.6) is 5.75 Å². The number of aromatic nitrogens is 3. The summed E-state index contributed by atoms with van der Waals surface area (Å²) in [5, 5.41) is 21.4. The van der Waals surface area contributed by atoms with Gasteiger partial charge in [-0.15, -0.1) is 13.2 Å². The van der Waals surface area contributed by atoms with Crippen LogP contribution in [0.1, 0.15) is 37.5 Å². The molecule has 0 fully saturated rings. The van der Waals surface area contributed by atoms with Crippen molar-refractivity contribution in [3.63, 3.8) is 0 Å². The Kier molecular flexibility index (Phi) is 12.7. The minimum absolute atomic E-state index is 0.0763. The highest BCUT2D eigenvalue weighted by Crippen LogP contribution is 2.43. The number of carbonyl (C=O) groups is 1. The smallest absolute Gasteiger partial charge is 0.307 e. The number of ether oxygens (including phenoxy) is 1. The first-order valence-electron chi connectivity index (χ1n) is 16.6. The zero-order valence-corrected chi connectivity index (χ0v) is 29.8. The van der Waals surface area contributed by atoms with Gasteiger partial charge >= 0.3 is 5.97 Å². The summed E-state index contributed by atoms with van der Waals surface area (Å²) in [5.74, 6) is 0.641. The second-order valence-corrected chi connectivity index (χ2v) is 12.8. The second-order valence-electron chi connectivity index (χ2n) is 12.8. The highest BCUT2D eigenvalue weighted by Gasteiger charge is 2.22. The summed E-state index contributed by atoms with van der Waals surface area (Å²) < 4.78 is 5.95. The van der Waals surface area contributed by atoms with E-state index in [2.05, 4.69) is 54.5 Å². The van der Waals surface area contributed by atoms with E-state index in [1.165, 1.54) is 5.56 Å². The summed E-state index contributed by atoms with van der Waals surface area (Å²) in [6, 6.07) is 24.3. The van der Waals surface area contributed by atoms with Gasteiger partial charge in [-0.3, -0.25) is 9.78 Å². The maximum absolute atomic E-state index is 12.0. The van der Waals surface area contributed by atoms with Gasteiger partial charge in [0, 0.05) is 47.1 Å². The molecule has 0 saturated carbocycles. The fraction of sp³-hybridized carbons (Fsp3) is 0.182. The van der Waals surface area contributed by atoms with Crippen LogP contribution in [0.2, 0.25) is 0 Å². The molecule has 7 heteroatoms. The molecule has 3 heterocycles. The lowest BCUT2D eigenvalue weighted by atomic mass is 9.86. The van der Waals surface area contributed by atoms with Crippen LogP contribution in [-0.2, 0) is 17.6 Å². The highest BCUT2D eigenvalue weighted by molar-refractivity contribution is 6.09. The predicted molar refractivity (Wildman–Crippen MR) is 210 cm³/mol. The predicted octanol–water partition coefficient (Wildman–Crippen LogP) is 9.99. The summed E-state index contributed by atoms with van der Waals surface area (Å²) in [7, 11) is 0. The molecule has 0 bridgehead atoms. The summed E-state index contributed by atoms with van der Waals surface area (Å²) in [6.45, 7) is 20.6. The average Bonchev–Trinajstić information content (AvgIpc) is 3.13. The SMILES string of the molecule is C=C.C=CC=C.CC(C)(C)O.Cc1cc2cc(-c3cnc(-c4ccccc4)nc3)ccc2c(-c2ccc3c4c(ccnc24)CCO3)c1CC(=O)O. The van der Waals surface area contributed by atoms with E-state index in [4.69, 9.17) is 14.8 Å². The molecule has 6 aromatic rings. The Bertz CT molecular complexity index is 2130. The Morgan fingerprint density at radius 1 is 0.882 bits per heavy atom. The quantitative estimate of drug-likeness (QED) is 0.133. The van der Waals surface area contributed by atoms with Gasteiger partial charge in [-0.2, -0.15) is 0 Å². The van der Waals surface area contributed by atoms with Gasteiger partial charge in [0.25, 0.3) is 0 Å². The normalized spacial score (nSPS) is 11.4. The van der Waals surface area contributed by atoms with Gasteiger partial charge in [0.2, 0.25) is 0 Å². The van der Waals surface area contributed by atoms with E-state index in [1.807, 2.05) is 80.1 Å². The second kappa shape index (κ2) is 17.1. The summed E-state index contributed by atoms with van der Waals surface area (Å²) >= 11 is 0. The van der Waals surface area contributed by atoms with Crippen molar-refractivity contribution in [1.29, 1.82) is 0 Å². The minimum atomic E-state index is -0.866. The fourth-order valence-corrected chi connectivity index (χ4v) is 5.77. The topological polar surface area (TPSA) is 105 Å². The first-order chi connectivity index (χ1) is 24.5. The van der Waals surface area contributed by atoms with Gasteiger partial charge in [0.1, 0.15) is 5.75 Å². The lowest BCUT2D eigenvalue weighted by molar-refractivity contribution is -0.136. The summed E-state index contributed by atoms with van der Waals surface area (Å²) in [5.41, 5.74) is 7.95. The van der Waals surface area contributed by atoms with Gasteiger partial charge < -0.3 is 14.9 Å². The molecule has 0 saturated heterocycles. The number of hydrogen-bond acceptors (Lipinski definition) is 6. The van der Waals surface area contributed by atoms with E-state index in [0.29, 0.717) is 12.4 Å². The molecule has 7 nitrogen and oxygen atoms in total. The van der Waals surface area contributed by atoms with Crippen molar-refractivity contribution in [2.75, 3.05) is 6.61 Å². The summed E-state index contributed by atoms with van der Waals surface area (Å²) in [4.78, 5) is 26.0. The number of allylic oxidation sites excluding steroid dienone is 2. The molecule has 0 amide bonds. The number of carboxylic acids is 1. The van der Waals surface area contributed by atoms with Gasteiger partial charge in [0.05, 0.1) is 24.1 Å². The highest BCUT2D eigenvalue weighted by atomic mass is 16.5. The zero-order valence-electron chi connectivity index (χ0n) is 29.8. The van der Waals surface area contributed by atoms with E-state index < -0.39 is 11.6 Å². The van der Waals surface area contributed by atoms with Crippen molar-refractivity contribution in [1.82, 2.24) is 15.0 Å². The third-order valence-electron chi connectivity index (χ3n) is 7.82. The molecule has 7 rings (SSSR count). The number of rotatable bonds is 6. The maximum atomic E-state index is 12.0. The Morgan fingerprint density at radius 2 is 1.55 bits per heavy atom. The Morgan fingerprint density at radius 3 is 2.18 bits per heavy atom. The number of benzene rings is 4. The molecule has 0 aliphatic carbocycles. The number of aryl methyl sites for hydroxylation is 1. The Balaban J connectivity index is 0.000000470. The van der Waals surface area contributed by atoms with E-state index >= 15 is 0 Å². The van der Waals surface area contributed by atoms with Gasteiger partial charge in [0.15, 0.2) is 5.82 Å². The zero-order chi connectivity index (χ0) is 37.1. The number of aliphatic carboxylic acids is 1. The Labute approximate surface area is 300 Å². The van der Waals surface area contributed by atoms with E-state index in [1.54, 1.807) is 32.9 Å². The maximum Gasteiger partial charge on any atom is 0.307 e. The van der Waals surface area contributed by atoms with Crippen molar-refractivity contribution in [3.05, 3.63) is 147 Å². The number of nitrogens with zero attached hydrogens (tertiary/aromatic N) is 3. The first kappa shape index (κ1) is 37.9. The molecule has 1 aliphatic rings. The van der Waals surface area contributed by atoms with Crippen LogP contribution in [0.4, 0.5) is 0 Å². The van der Waals surface area contributed by atoms with Crippen LogP contribution in [0.15, 0.2) is 130 Å². The molecular weight excluding hydrogens is 635 g/mol. The van der Waals surface area contributed by atoms with Crippen molar-refractivity contribution >= 4 is 27.6 Å². The number of carboxylic acid groups (broad SMARTS) is 1. The van der Waals surface area contributed by atoms with E-state index in [0.717, 1.165) is 72.8 Å². The molecule has 4 aromatic carbocycles. The van der Waals surface area contributed by atoms with E-state index in [-0.39, 0.29) is 6.42 Å². The number of hydrogen-bond donors (Lipinski definition) is 2. The largest absolute Gasteiger partial charge is 0.493 e. The molecule has 260 valence electrons. The molecule has 0 unspecified atom stereocenters. The van der Waals surface area contributed by atoms with Crippen LogP contribution in [0.25, 0.3) is 55.3 Å². The number of fused-ring (bicyclic) bond motifs is 1. The third-order valence-corrected chi connectivity index (χ3v) is 7.82. The van der Waals surface area contributed by atoms with Crippen molar-refractivity contribution < 1.29 is 19.7 Å². The van der Waals surface area contributed by atoms with Crippen LogP contribution >= 0.6 is 0 Å². The summed E-state index contributed by atoms with van der Waals surface area (Å²) in [6.07, 6.45) is 9.55. The molecule has 51 heavy (non-hydrogen) atoms. The number of aliphatic hydroxyl groups is 1. The van der Waals surface area contributed by atoms with Crippen molar-refractivity contribution in [2.24, 2.45) is 0 Å². The standard InChI is InChI=1S/C34H25N3O3.C4H10O.C4H6.C2H4/c1-20-15-24-16-23(25-18-36-34(37-19-25)22-5-3-2-4-6-22)7-8-26(24)32(28(20)17-30(38)39)27-9-10-29-31-21(12-14-40-29)11-13-35-33(27)31;1-4(2,3)5;1-3-4-2;1-2/h2-11,13,15-16,18-19H,12,14,17H2,1H3,(H,38,39);5H,1-3H3;3-4H,1-2H2;1-2H2. The van der Waals surface area contributed by atoms with Gasteiger partial charge in [-0.25, -0.2) is 9.97 Å². The lowest BCUT2D eigenvalue weighted by Crippen LogP contribution is -2.10.